The van der Waals surface area contributed by atoms with Gasteiger partial charge in [0.25, 0.3) is 0 Å². The molecule has 7 nitrogen and oxygen atoms in total. The molecule has 1 aromatic heterocycles. The normalized spacial score (nSPS) is 41.4. The first kappa shape index (κ1) is 25.7. The summed E-state index contributed by atoms with van der Waals surface area (Å²) in [6, 6.07) is 3.63. The number of ether oxygens (including phenoxy) is 2. The molecule has 2 heterocycles. The van der Waals surface area contributed by atoms with E-state index in [1.165, 1.54) is 0 Å². The number of aromatic hydroxyl groups is 1. The Morgan fingerprint density at radius 3 is 2.63 bits per heavy atom. The van der Waals surface area contributed by atoms with Gasteiger partial charge in [-0.2, -0.15) is 0 Å². The fourth-order valence-electron chi connectivity index (χ4n) is 8.91. The molecule has 6 rings (SSSR count). The minimum absolute atomic E-state index is 0.107. The zero-order chi connectivity index (χ0) is 27.4. The SMILES string of the molecule is C/C=C(\C)C(=O)O[C@H]1C[C@H](O)[C@@]2(C)[C@H]3[C@@H](OC[C@]13C)[C@@H](O)[C@@]1(C)c3cc(O)c(-c4ccoc4)c(C)c3C[C@@H]12. The van der Waals surface area contributed by atoms with E-state index < -0.39 is 40.7 Å². The van der Waals surface area contributed by atoms with Crippen LogP contribution in [0.25, 0.3) is 11.1 Å². The first-order valence-electron chi connectivity index (χ1n) is 13.6. The highest BCUT2D eigenvalue weighted by molar-refractivity contribution is 5.87. The van der Waals surface area contributed by atoms with Gasteiger partial charge >= 0.3 is 5.97 Å². The van der Waals surface area contributed by atoms with E-state index in [-0.39, 0.29) is 23.6 Å². The molecular formula is C31H38O7. The summed E-state index contributed by atoms with van der Waals surface area (Å²) < 4.78 is 17.7. The Kier molecular flexibility index (Phi) is 5.53. The number of hydrogen-bond donors (Lipinski definition) is 3. The minimum atomic E-state index is -0.855. The monoisotopic (exact) mass is 522 g/mol. The molecule has 1 saturated heterocycles. The molecule has 7 heteroatoms. The maximum atomic E-state index is 12.8. The van der Waals surface area contributed by atoms with Gasteiger partial charge in [0, 0.05) is 45.3 Å². The molecule has 0 amide bonds. The molecule has 204 valence electrons. The number of rotatable bonds is 3. The second-order valence-electron chi connectivity index (χ2n) is 12.7. The number of phenols is 1. The Morgan fingerprint density at radius 2 is 1.97 bits per heavy atom. The van der Waals surface area contributed by atoms with Crippen LogP contribution in [0.3, 0.4) is 0 Å². The Bertz CT molecular complexity index is 1330. The fourth-order valence-corrected chi connectivity index (χ4v) is 8.91. The third-order valence-electron chi connectivity index (χ3n) is 11.1. The molecule has 3 fully saturated rings. The average molecular weight is 523 g/mol. The predicted molar refractivity (Wildman–Crippen MR) is 140 cm³/mol. The van der Waals surface area contributed by atoms with E-state index in [0.29, 0.717) is 25.0 Å². The van der Waals surface area contributed by atoms with Crippen LogP contribution in [0.1, 0.15) is 57.7 Å². The standard InChI is InChI=1S/C31H38O7/c1-7-15(2)28(35)38-23-12-22(33)31(6)21-10-18-16(3)24(17-8-9-36-13-17)20(32)11-19(18)30(21,5)27(34)25-26(31)29(23,4)14-37-25/h7-9,11,13,21-23,25-27,32-34H,10,12,14H2,1-6H3/b15-7+/t21-,22-,23-,25+,26-,27+,29+,30-,31-/m0/s1. The summed E-state index contributed by atoms with van der Waals surface area (Å²) in [5.41, 5.74) is 3.13. The first-order chi connectivity index (χ1) is 17.9. The van der Waals surface area contributed by atoms with Gasteiger partial charge in [-0.15, -0.1) is 0 Å². The van der Waals surface area contributed by atoms with Crippen molar-refractivity contribution in [2.75, 3.05) is 6.61 Å². The molecule has 0 unspecified atom stereocenters. The van der Waals surface area contributed by atoms with Crippen LogP contribution >= 0.6 is 0 Å². The van der Waals surface area contributed by atoms with Gasteiger partial charge < -0.3 is 29.2 Å². The lowest BCUT2D eigenvalue weighted by Crippen LogP contribution is -2.71. The quantitative estimate of drug-likeness (QED) is 0.404. The largest absolute Gasteiger partial charge is 0.507 e. The van der Waals surface area contributed by atoms with Crippen molar-refractivity contribution < 1.29 is 34.0 Å². The molecule has 0 bridgehead atoms. The van der Waals surface area contributed by atoms with E-state index in [4.69, 9.17) is 13.9 Å². The number of carbonyl (C=O) groups excluding carboxylic acids is 1. The molecular weight excluding hydrogens is 484 g/mol. The van der Waals surface area contributed by atoms with Gasteiger partial charge in [0.05, 0.1) is 37.4 Å². The van der Waals surface area contributed by atoms with E-state index in [1.807, 2.05) is 13.0 Å². The van der Waals surface area contributed by atoms with Crippen LogP contribution in [-0.4, -0.2) is 52.3 Å². The predicted octanol–water partition coefficient (Wildman–Crippen LogP) is 4.44. The second-order valence-corrected chi connectivity index (χ2v) is 12.7. The minimum Gasteiger partial charge on any atom is -0.507 e. The van der Waals surface area contributed by atoms with Gasteiger partial charge in [0.2, 0.25) is 0 Å². The molecule has 2 saturated carbocycles. The molecule has 1 aromatic carbocycles. The van der Waals surface area contributed by atoms with Gasteiger partial charge in [-0.3, -0.25) is 0 Å². The molecule has 9 atom stereocenters. The number of allylic oxidation sites excluding steroid dienone is 1. The van der Waals surface area contributed by atoms with Crippen molar-refractivity contribution in [1.29, 1.82) is 0 Å². The van der Waals surface area contributed by atoms with Crippen molar-refractivity contribution in [2.45, 2.75) is 84.2 Å². The summed E-state index contributed by atoms with van der Waals surface area (Å²) in [6.07, 6.45) is 3.23. The van der Waals surface area contributed by atoms with E-state index in [9.17, 15) is 20.1 Å². The van der Waals surface area contributed by atoms with Crippen molar-refractivity contribution >= 4 is 5.97 Å². The summed E-state index contributed by atoms with van der Waals surface area (Å²) in [6.45, 7) is 12.1. The molecule has 0 radical (unpaired) electrons. The highest BCUT2D eigenvalue weighted by atomic mass is 16.6. The van der Waals surface area contributed by atoms with Crippen LogP contribution in [0.15, 0.2) is 40.7 Å². The van der Waals surface area contributed by atoms with Crippen LogP contribution in [-0.2, 0) is 26.1 Å². The molecule has 4 aliphatic rings. The van der Waals surface area contributed by atoms with Crippen molar-refractivity contribution in [1.82, 2.24) is 0 Å². The third kappa shape index (κ3) is 2.98. The molecule has 0 spiro atoms. The summed E-state index contributed by atoms with van der Waals surface area (Å²) in [4.78, 5) is 12.8. The third-order valence-corrected chi connectivity index (χ3v) is 11.1. The van der Waals surface area contributed by atoms with Gasteiger partial charge in [-0.25, -0.2) is 4.79 Å². The maximum absolute atomic E-state index is 12.8. The lowest BCUT2D eigenvalue weighted by molar-refractivity contribution is -0.235. The molecule has 3 aliphatic carbocycles. The smallest absolute Gasteiger partial charge is 0.333 e. The molecule has 38 heavy (non-hydrogen) atoms. The number of phenolic OH excluding ortho intramolecular Hbond substituents is 1. The van der Waals surface area contributed by atoms with E-state index >= 15 is 0 Å². The van der Waals surface area contributed by atoms with Crippen LogP contribution in [0.5, 0.6) is 5.75 Å². The van der Waals surface area contributed by atoms with Crippen LogP contribution in [0.2, 0.25) is 0 Å². The van der Waals surface area contributed by atoms with Crippen molar-refractivity contribution in [3.05, 3.63) is 53.0 Å². The molecule has 2 aromatic rings. The number of aliphatic hydroxyl groups is 2. The van der Waals surface area contributed by atoms with E-state index in [2.05, 4.69) is 20.8 Å². The number of hydrogen-bond acceptors (Lipinski definition) is 7. The lowest BCUT2D eigenvalue weighted by atomic mass is 9.41. The summed E-state index contributed by atoms with van der Waals surface area (Å²) in [5.74, 6) is -0.557. The number of carbonyl (C=O) groups is 1. The number of benzene rings is 1. The summed E-state index contributed by atoms with van der Waals surface area (Å²) >= 11 is 0. The van der Waals surface area contributed by atoms with Crippen molar-refractivity contribution in [3.63, 3.8) is 0 Å². The van der Waals surface area contributed by atoms with Crippen LogP contribution in [0.4, 0.5) is 0 Å². The van der Waals surface area contributed by atoms with Gasteiger partial charge in [-0.05, 0) is 61.9 Å². The fraction of sp³-hybridized carbons (Fsp3) is 0.581. The van der Waals surface area contributed by atoms with Gasteiger partial charge in [-0.1, -0.05) is 26.8 Å². The summed E-state index contributed by atoms with van der Waals surface area (Å²) in [5, 5.41) is 35.1. The van der Waals surface area contributed by atoms with Crippen LogP contribution in [0, 0.1) is 29.6 Å². The summed E-state index contributed by atoms with van der Waals surface area (Å²) in [7, 11) is 0. The number of furan rings is 1. The first-order valence-corrected chi connectivity index (χ1v) is 13.6. The topological polar surface area (TPSA) is 109 Å². The average Bonchev–Trinajstić information content (AvgIpc) is 3.60. The van der Waals surface area contributed by atoms with Crippen molar-refractivity contribution in [2.24, 2.45) is 22.7 Å². The van der Waals surface area contributed by atoms with Crippen LogP contribution < -0.4 is 0 Å². The number of fused-ring (bicyclic) bond motifs is 4. The zero-order valence-electron chi connectivity index (χ0n) is 22.9. The lowest BCUT2D eigenvalue weighted by Gasteiger charge is -2.64. The van der Waals surface area contributed by atoms with Crippen molar-refractivity contribution in [3.8, 4) is 16.9 Å². The Balaban J connectivity index is 1.47. The second kappa shape index (κ2) is 8.20. The van der Waals surface area contributed by atoms with E-state index in [0.717, 1.165) is 27.8 Å². The molecule has 3 N–H and O–H groups in total. The number of esters is 1. The Hall–Kier alpha value is -2.61. The van der Waals surface area contributed by atoms with Gasteiger partial charge in [0.15, 0.2) is 0 Å². The highest BCUT2D eigenvalue weighted by Crippen LogP contribution is 2.71. The Labute approximate surface area is 223 Å². The Morgan fingerprint density at radius 1 is 1.24 bits per heavy atom. The number of aliphatic hydroxyl groups excluding tert-OH is 2. The maximum Gasteiger partial charge on any atom is 0.333 e. The zero-order valence-corrected chi connectivity index (χ0v) is 22.9. The van der Waals surface area contributed by atoms with E-state index in [1.54, 1.807) is 38.5 Å². The van der Waals surface area contributed by atoms with Gasteiger partial charge in [0.1, 0.15) is 11.9 Å². The highest BCUT2D eigenvalue weighted by Gasteiger charge is 2.75. The molecule has 1 aliphatic heterocycles.